The number of halogens is 2. The fourth-order valence-corrected chi connectivity index (χ4v) is 3.33. The summed E-state index contributed by atoms with van der Waals surface area (Å²) in [4.78, 5) is 0. The molecule has 3 nitrogen and oxygen atoms in total. The van der Waals surface area contributed by atoms with Gasteiger partial charge in [-0.15, -0.1) is 0 Å². The molecule has 5 heteroatoms. The number of anilines is 1. The summed E-state index contributed by atoms with van der Waals surface area (Å²) in [5.74, 6) is 0.213. The van der Waals surface area contributed by atoms with Crippen molar-refractivity contribution in [3.8, 4) is 5.75 Å². The number of aryl methyl sites for hydroxylation is 1. The highest BCUT2D eigenvalue weighted by atomic mass is 79.9. The molecule has 0 fully saturated rings. The van der Waals surface area contributed by atoms with Crippen molar-refractivity contribution >= 4 is 37.5 Å². The van der Waals surface area contributed by atoms with Crippen LogP contribution in [0.5, 0.6) is 5.75 Å². The lowest BCUT2D eigenvalue weighted by atomic mass is 10.1. The quantitative estimate of drug-likeness (QED) is 0.654. The monoisotopic (exact) mass is 413 g/mol. The van der Waals surface area contributed by atoms with Crippen molar-refractivity contribution in [1.29, 1.82) is 0 Å². The highest BCUT2D eigenvalue weighted by Gasteiger charge is 2.06. The molecule has 112 valence electrons. The topological polar surface area (TPSA) is 52.5 Å². The van der Waals surface area contributed by atoms with Gasteiger partial charge in [-0.2, -0.15) is 0 Å². The van der Waals surface area contributed by atoms with E-state index in [1.807, 2.05) is 24.3 Å². The Morgan fingerprint density at radius 2 is 1.71 bits per heavy atom. The zero-order valence-electron chi connectivity index (χ0n) is 11.4. The highest BCUT2D eigenvalue weighted by Crippen LogP contribution is 2.33. The highest BCUT2D eigenvalue weighted by molar-refractivity contribution is 9.11. The first-order valence-corrected chi connectivity index (χ1v) is 8.29. The van der Waals surface area contributed by atoms with Crippen LogP contribution in [0.15, 0.2) is 45.3 Å². The molecule has 0 amide bonds. The van der Waals surface area contributed by atoms with Crippen molar-refractivity contribution in [2.24, 2.45) is 0 Å². The maximum atomic E-state index is 9.70. The summed E-state index contributed by atoms with van der Waals surface area (Å²) in [5, 5.41) is 21.9. The molecule has 0 atom stereocenters. The lowest BCUT2D eigenvalue weighted by molar-refractivity contribution is 0.288. The van der Waals surface area contributed by atoms with Gasteiger partial charge in [-0.3, -0.25) is 0 Å². The zero-order valence-corrected chi connectivity index (χ0v) is 14.6. The second kappa shape index (κ2) is 7.82. The second-order valence-electron chi connectivity index (χ2n) is 4.79. The summed E-state index contributed by atoms with van der Waals surface area (Å²) in [6.07, 6.45) is 1.66. The molecule has 0 saturated carbocycles. The van der Waals surface area contributed by atoms with Crippen LogP contribution < -0.4 is 5.32 Å². The van der Waals surface area contributed by atoms with Gasteiger partial charge < -0.3 is 15.5 Å². The van der Waals surface area contributed by atoms with E-state index in [0.717, 1.165) is 24.1 Å². The van der Waals surface area contributed by atoms with Crippen molar-refractivity contribution in [3.63, 3.8) is 0 Å². The van der Waals surface area contributed by atoms with E-state index in [1.165, 1.54) is 5.56 Å². The number of aliphatic hydroxyl groups is 1. The summed E-state index contributed by atoms with van der Waals surface area (Å²) >= 11 is 6.66. The fraction of sp³-hybridized carbons (Fsp3) is 0.250. The van der Waals surface area contributed by atoms with Crippen LogP contribution in [0.3, 0.4) is 0 Å². The number of nitrogens with one attached hydrogen (secondary N) is 1. The van der Waals surface area contributed by atoms with E-state index in [0.29, 0.717) is 15.5 Å². The number of phenolic OH excluding ortho intramolecular Hbond substituents is 1. The van der Waals surface area contributed by atoms with E-state index < -0.39 is 0 Å². The summed E-state index contributed by atoms with van der Waals surface area (Å²) in [7, 11) is 0. The van der Waals surface area contributed by atoms with Crippen molar-refractivity contribution < 1.29 is 10.2 Å². The average Bonchev–Trinajstić information content (AvgIpc) is 2.49. The first-order chi connectivity index (χ1) is 10.1. The van der Waals surface area contributed by atoms with Crippen LogP contribution in [-0.4, -0.2) is 16.8 Å². The fourth-order valence-electron chi connectivity index (χ4n) is 2.04. The van der Waals surface area contributed by atoms with E-state index in [2.05, 4.69) is 49.3 Å². The molecule has 0 saturated heterocycles. The normalized spacial score (nSPS) is 10.6. The molecule has 0 spiro atoms. The number of rotatable bonds is 6. The zero-order chi connectivity index (χ0) is 15.2. The molecule has 0 aliphatic carbocycles. The van der Waals surface area contributed by atoms with Gasteiger partial charge in [0.25, 0.3) is 0 Å². The smallest absolute Gasteiger partial charge is 0.143 e. The standard InChI is InChI=1S/C16H17Br2NO2/c17-14-8-12(9-15(18)16(14)21)10-19-13-5-1-3-11(7-13)4-2-6-20/h1,3,5,7-9,19-21H,2,4,6,10H2. The van der Waals surface area contributed by atoms with Crippen molar-refractivity contribution in [2.75, 3.05) is 11.9 Å². The summed E-state index contributed by atoms with van der Waals surface area (Å²) in [6, 6.07) is 12.0. The number of hydrogen-bond donors (Lipinski definition) is 3. The van der Waals surface area contributed by atoms with E-state index in [4.69, 9.17) is 5.11 Å². The van der Waals surface area contributed by atoms with Gasteiger partial charge in [0.05, 0.1) is 8.95 Å². The molecule has 2 aromatic rings. The number of hydrogen-bond acceptors (Lipinski definition) is 3. The molecular formula is C16H17Br2NO2. The predicted molar refractivity (Wildman–Crippen MR) is 92.7 cm³/mol. The maximum Gasteiger partial charge on any atom is 0.143 e. The molecule has 3 N–H and O–H groups in total. The largest absolute Gasteiger partial charge is 0.506 e. The molecule has 0 unspecified atom stereocenters. The average molecular weight is 415 g/mol. The van der Waals surface area contributed by atoms with E-state index in [-0.39, 0.29) is 12.4 Å². The Labute approximate surface area is 141 Å². The van der Waals surface area contributed by atoms with Crippen LogP contribution in [0.4, 0.5) is 5.69 Å². The second-order valence-corrected chi connectivity index (χ2v) is 6.50. The Hall–Kier alpha value is -1.04. The third-order valence-electron chi connectivity index (χ3n) is 3.12. The minimum absolute atomic E-state index is 0.213. The van der Waals surface area contributed by atoms with Gasteiger partial charge in [0.2, 0.25) is 0 Å². The Kier molecular flexibility index (Phi) is 6.08. The minimum atomic E-state index is 0.213. The van der Waals surface area contributed by atoms with Crippen LogP contribution in [0, 0.1) is 0 Å². The molecule has 0 heterocycles. The van der Waals surface area contributed by atoms with Crippen LogP contribution in [0.25, 0.3) is 0 Å². The summed E-state index contributed by atoms with van der Waals surface area (Å²) in [5.41, 5.74) is 3.32. The maximum absolute atomic E-state index is 9.70. The SMILES string of the molecule is OCCCc1cccc(NCc2cc(Br)c(O)c(Br)c2)c1. The van der Waals surface area contributed by atoms with Crippen LogP contribution in [-0.2, 0) is 13.0 Å². The van der Waals surface area contributed by atoms with Crippen molar-refractivity contribution in [3.05, 3.63) is 56.5 Å². The van der Waals surface area contributed by atoms with E-state index in [1.54, 1.807) is 0 Å². The molecule has 0 aromatic heterocycles. The van der Waals surface area contributed by atoms with Gasteiger partial charge in [-0.25, -0.2) is 0 Å². The summed E-state index contributed by atoms with van der Waals surface area (Å²) < 4.78 is 1.34. The molecule has 2 aromatic carbocycles. The first-order valence-electron chi connectivity index (χ1n) is 6.70. The number of aromatic hydroxyl groups is 1. The van der Waals surface area contributed by atoms with Crippen LogP contribution in [0.1, 0.15) is 17.5 Å². The van der Waals surface area contributed by atoms with Gasteiger partial charge in [-0.05, 0) is 80.1 Å². The lowest BCUT2D eigenvalue weighted by Gasteiger charge is -2.10. The molecule has 2 rings (SSSR count). The van der Waals surface area contributed by atoms with Gasteiger partial charge >= 0.3 is 0 Å². The summed E-state index contributed by atoms with van der Waals surface area (Å²) in [6.45, 7) is 0.883. The molecule has 21 heavy (non-hydrogen) atoms. The van der Waals surface area contributed by atoms with E-state index >= 15 is 0 Å². The van der Waals surface area contributed by atoms with Crippen LogP contribution in [0.2, 0.25) is 0 Å². The van der Waals surface area contributed by atoms with Gasteiger partial charge in [0.1, 0.15) is 5.75 Å². The molecule has 0 aliphatic rings. The molecule has 0 bridgehead atoms. The van der Waals surface area contributed by atoms with E-state index in [9.17, 15) is 5.11 Å². The molecule has 0 aliphatic heterocycles. The van der Waals surface area contributed by atoms with Gasteiger partial charge in [0.15, 0.2) is 0 Å². The molecule has 0 radical (unpaired) electrons. The van der Waals surface area contributed by atoms with Crippen molar-refractivity contribution in [2.45, 2.75) is 19.4 Å². The third kappa shape index (κ3) is 4.73. The number of benzene rings is 2. The number of phenols is 1. The van der Waals surface area contributed by atoms with Crippen molar-refractivity contribution in [1.82, 2.24) is 0 Å². The Balaban J connectivity index is 2.03. The minimum Gasteiger partial charge on any atom is -0.506 e. The Morgan fingerprint density at radius 1 is 1.00 bits per heavy atom. The first kappa shape index (κ1) is 16.3. The molecular weight excluding hydrogens is 398 g/mol. The number of aliphatic hydroxyl groups excluding tert-OH is 1. The Morgan fingerprint density at radius 3 is 2.38 bits per heavy atom. The van der Waals surface area contributed by atoms with Gasteiger partial charge in [0, 0.05) is 18.8 Å². The van der Waals surface area contributed by atoms with Crippen LogP contribution >= 0.6 is 31.9 Å². The van der Waals surface area contributed by atoms with Gasteiger partial charge in [-0.1, -0.05) is 12.1 Å². The third-order valence-corrected chi connectivity index (χ3v) is 4.33. The predicted octanol–water partition coefficient (Wildman–Crippen LogP) is 4.45. The Bertz CT molecular complexity index is 594. The lowest BCUT2D eigenvalue weighted by Crippen LogP contribution is -2.00.